The molecule has 1 aromatic carbocycles. The van der Waals surface area contributed by atoms with Crippen molar-refractivity contribution in [3.63, 3.8) is 0 Å². The number of halogens is 1. The molecule has 0 bridgehead atoms. The van der Waals surface area contributed by atoms with E-state index in [0.29, 0.717) is 22.5 Å². The molecule has 0 unspecified atom stereocenters. The Morgan fingerprint density at radius 1 is 1.21 bits per heavy atom. The number of hydrogen-bond acceptors (Lipinski definition) is 5. The first-order valence-corrected chi connectivity index (χ1v) is 7.04. The Labute approximate surface area is 135 Å². The van der Waals surface area contributed by atoms with E-state index in [2.05, 4.69) is 20.8 Å². The van der Waals surface area contributed by atoms with E-state index in [0.717, 1.165) is 6.07 Å². The molecule has 3 aromatic rings. The quantitative estimate of drug-likeness (QED) is 0.770. The number of carbonyl (C=O) groups excluding carboxylic acids is 2. The zero-order valence-electron chi connectivity index (χ0n) is 12.9. The minimum atomic E-state index is -0.618. The highest BCUT2D eigenvalue weighted by Crippen LogP contribution is 2.22. The second kappa shape index (κ2) is 6.07. The first-order valence-electron chi connectivity index (χ1n) is 7.04. The lowest BCUT2D eigenvalue weighted by atomic mass is 10.2. The van der Waals surface area contributed by atoms with Gasteiger partial charge in [-0.2, -0.15) is 0 Å². The molecule has 2 heterocycles. The fourth-order valence-electron chi connectivity index (χ4n) is 2.17. The van der Waals surface area contributed by atoms with Crippen LogP contribution in [0, 0.1) is 12.7 Å². The zero-order valence-corrected chi connectivity index (χ0v) is 12.9. The van der Waals surface area contributed by atoms with Crippen molar-refractivity contribution in [2.75, 3.05) is 10.6 Å². The van der Waals surface area contributed by atoms with Gasteiger partial charge in [0.2, 0.25) is 5.91 Å². The van der Waals surface area contributed by atoms with Crippen LogP contribution in [-0.4, -0.2) is 22.0 Å². The molecule has 0 aliphatic carbocycles. The predicted molar refractivity (Wildman–Crippen MR) is 85.2 cm³/mol. The number of hydrogen-bond donors (Lipinski definition) is 2. The second-order valence-electron chi connectivity index (χ2n) is 5.17. The number of nitrogens with zero attached hydrogens (tertiary/aromatic N) is 2. The van der Waals surface area contributed by atoms with Crippen molar-refractivity contribution in [1.82, 2.24) is 10.1 Å². The van der Waals surface area contributed by atoms with Crippen molar-refractivity contribution in [2.24, 2.45) is 0 Å². The maximum atomic E-state index is 13.9. The summed E-state index contributed by atoms with van der Waals surface area (Å²) in [6, 6.07) is 5.47. The summed E-state index contributed by atoms with van der Waals surface area (Å²) in [4.78, 5) is 27.4. The molecule has 0 saturated heterocycles. The van der Waals surface area contributed by atoms with Gasteiger partial charge in [0.15, 0.2) is 0 Å². The van der Waals surface area contributed by atoms with Crippen LogP contribution in [0.2, 0.25) is 0 Å². The standard InChI is InChI=1S/C16H13FN4O3/c1-8-12-5-10(7-18-16(12)24-21-8)15(23)20-14-6-11(19-9(2)22)3-4-13(14)17/h3-7H,1-2H3,(H,19,22)(H,20,23). The smallest absolute Gasteiger partial charge is 0.257 e. The number of carbonyl (C=O) groups is 2. The van der Waals surface area contributed by atoms with Gasteiger partial charge >= 0.3 is 0 Å². The van der Waals surface area contributed by atoms with Crippen LogP contribution in [0.5, 0.6) is 0 Å². The zero-order chi connectivity index (χ0) is 17.3. The number of aryl methyl sites for hydroxylation is 1. The summed E-state index contributed by atoms with van der Waals surface area (Å²) in [5, 5.41) is 9.35. The molecule has 0 aliphatic rings. The van der Waals surface area contributed by atoms with Crippen molar-refractivity contribution < 1.29 is 18.5 Å². The van der Waals surface area contributed by atoms with Crippen LogP contribution >= 0.6 is 0 Å². The van der Waals surface area contributed by atoms with Crippen LogP contribution in [0.3, 0.4) is 0 Å². The van der Waals surface area contributed by atoms with Crippen molar-refractivity contribution in [3.05, 3.63) is 47.5 Å². The van der Waals surface area contributed by atoms with Gasteiger partial charge in [0, 0.05) is 18.8 Å². The highest BCUT2D eigenvalue weighted by Gasteiger charge is 2.14. The molecule has 0 fully saturated rings. The molecule has 2 aromatic heterocycles. The molecule has 122 valence electrons. The van der Waals surface area contributed by atoms with Crippen LogP contribution < -0.4 is 10.6 Å². The molecule has 8 heteroatoms. The van der Waals surface area contributed by atoms with E-state index in [9.17, 15) is 14.0 Å². The minimum absolute atomic E-state index is 0.0478. The third-order valence-electron chi connectivity index (χ3n) is 3.31. The highest BCUT2D eigenvalue weighted by molar-refractivity contribution is 6.06. The van der Waals surface area contributed by atoms with Crippen LogP contribution in [0.1, 0.15) is 23.0 Å². The molecular weight excluding hydrogens is 315 g/mol. The molecule has 0 spiro atoms. The predicted octanol–water partition coefficient (Wildman–Crippen LogP) is 2.88. The van der Waals surface area contributed by atoms with Crippen molar-refractivity contribution in [1.29, 1.82) is 0 Å². The number of amides is 2. The maximum absolute atomic E-state index is 13.9. The van der Waals surface area contributed by atoms with Gasteiger partial charge < -0.3 is 15.2 Å². The van der Waals surface area contributed by atoms with E-state index < -0.39 is 11.7 Å². The van der Waals surface area contributed by atoms with Gasteiger partial charge in [-0.05, 0) is 31.2 Å². The van der Waals surface area contributed by atoms with Crippen LogP contribution in [-0.2, 0) is 4.79 Å². The van der Waals surface area contributed by atoms with Gasteiger partial charge in [-0.3, -0.25) is 9.59 Å². The molecule has 2 amide bonds. The number of aromatic nitrogens is 2. The SMILES string of the molecule is CC(=O)Nc1ccc(F)c(NC(=O)c2cnc3onc(C)c3c2)c1. The summed E-state index contributed by atoms with van der Waals surface area (Å²) in [7, 11) is 0. The summed E-state index contributed by atoms with van der Waals surface area (Å²) in [6.07, 6.45) is 1.32. The molecule has 0 radical (unpaired) electrons. The fraction of sp³-hybridized carbons (Fsp3) is 0.125. The Kier molecular flexibility index (Phi) is 3.95. The number of pyridine rings is 1. The average molecular weight is 328 g/mol. The Hall–Kier alpha value is -3.29. The van der Waals surface area contributed by atoms with Gasteiger partial charge in [0.05, 0.1) is 22.3 Å². The fourth-order valence-corrected chi connectivity index (χ4v) is 2.17. The summed E-state index contributed by atoms with van der Waals surface area (Å²) in [5.41, 5.74) is 1.49. The van der Waals surface area contributed by atoms with E-state index in [1.807, 2.05) is 0 Å². The monoisotopic (exact) mass is 328 g/mol. The summed E-state index contributed by atoms with van der Waals surface area (Å²) in [6.45, 7) is 3.07. The highest BCUT2D eigenvalue weighted by atomic mass is 19.1. The average Bonchev–Trinajstić information content (AvgIpc) is 2.91. The third-order valence-corrected chi connectivity index (χ3v) is 3.31. The van der Waals surface area contributed by atoms with Gasteiger partial charge in [-0.1, -0.05) is 5.16 Å². The van der Waals surface area contributed by atoms with E-state index in [-0.39, 0.29) is 17.2 Å². The van der Waals surface area contributed by atoms with Crippen molar-refractivity contribution >= 4 is 34.3 Å². The molecule has 0 atom stereocenters. The lowest BCUT2D eigenvalue weighted by molar-refractivity contribution is -0.114. The Bertz CT molecular complexity index is 952. The first kappa shape index (κ1) is 15.6. The lowest BCUT2D eigenvalue weighted by Crippen LogP contribution is -2.14. The number of fused-ring (bicyclic) bond motifs is 1. The van der Waals surface area contributed by atoms with Crippen LogP contribution in [0.4, 0.5) is 15.8 Å². The number of nitrogens with one attached hydrogen (secondary N) is 2. The number of benzene rings is 1. The topological polar surface area (TPSA) is 97.1 Å². The van der Waals surface area contributed by atoms with Gasteiger partial charge in [0.1, 0.15) is 5.82 Å². The number of anilines is 2. The number of rotatable bonds is 3. The largest absolute Gasteiger partial charge is 0.336 e. The third kappa shape index (κ3) is 3.07. The second-order valence-corrected chi connectivity index (χ2v) is 5.17. The van der Waals surface area contributed by atoms with Crippen LogP contribution in [0.15, 0.2) is 35.0 Å². The van der Waals surface area contributed by atoms with Crippen molar-refractivity contribution in [3.8, 4) is 0 Å². The summed E-state index contributed by atoms with van der Waals surface area (Å²) in [5.74, 6) is -1.45. The minimum Gasteiger partial charge on any atom is -0.336 e. The molecule has 2 N–H and O–H groups in total. The van der Waals surface area contributed by atoms with Gasteiger partial charge in [-0.15, -0.1) is 0 Å². The Morgan fingerprint density at radius 2 is 2.00 bits per heavy atom. The summed E-state index contributed by atoms with van der Waals surface area (Å²) < 4.78 is 18.9. The van der Waals surface area contributed by atoms with E-state index in [4.69, 9.17) is 4.52 Å². The summed E-state index contributed by atoms with van der Waals surface area (Å²) >= 11 is 0. The first-order chi connectivity index (χ1) is 11.4. The molecule has 3 rings (SSSR count). The molecule has 0 aliphatic heterocycles. The van der Waals surface area contributed by atoms with E-state index in [1.165, 1.54) is 25.3 Å². The molecular formula is C16H13FN4O3. The van der Waals surface area contributed by atoms with Crippen LogP contribution in [0.25, 0.3) is 11.1 Å². The van der Waals surface area contributed by atoms with Gasteiger partial charge in [-0.25, -0.2) is 9.37 Å². The lowest BCUT2D eigenvalue weighted by Gasteiger charge is -2.09. The Morgan fingerprint density at radius 3 is 2.75 bits per heavy atom. The van der Waals surface area contributed by atoms with Crippen molar-refractivity contribution in [2.45, 2.75) is 13.8 Å². The molecule has 7 nitrogen and oxygen atoms in total. The van der Waals surface area contributed by atoms with Gasteiger partial charge in [0.25, 0.3) is 11.6 Å². The van der Waals surface area contributed by atoms with E-state index in [1.54, 1.807) is 13.0 Å². The Balaban J connectivity index is 1.87. The molecule has 0 saturated carbocycles. The maximum Gasteiger partial charge on any atom is 0.257 e. The molecule has 24 heavy (non-hydrogen) atoms. The van der Waals surface area contributed by atoms with E-state index >= 15 is 0 Å². The normalized spacial score (nSPS) is 10.6.